The Morgan fingerprint density at radius 3 is 2.67 bits per heavy atom. The number of hydrogen-bond donors (Lipinski definition) is 2. The molecule has 1 aliphatic rings. The van der Waals surface area contributed by atoms with Crippen LogP contribution in [0.15, 0.2) is 47.4 Å². The van der Waals surface area contributed by atoms with Gasteiger partial charge < -0.3 is 5.32 Å². The zero-order valence-corrected chi connectivity index (χ0v) is 13.6. The minimum absolute atomic E-state index is 0.0584. The molecule has 0 bridgehead atoms. The normalized spacial score (nSPS) is 17.1. The third kappa shape index (κ3) is 3.24. The summed E-state index contributed by atoms with van der Waals surface area (Å²) in [6.07, 6.45) is 2.81. The van der Waals surface area contributed by atoms with Gasteiger partial charge in [-0.3, -0.25) is 10.1 Å². The molecule has 0 aromatic heterocycles. The number of anilines is 1. The van der Waals surface area contributed by atoms with Crippen LogP contribution in [0, 0.1) is 10.1 Å². The molecule has 0 unspecified atom stereocenters. The Morgan fingerprint density at radius 2 is 1.96 bits per heavy atom. The van der Waals surface area contributed by atoms with E-state index in [0.29, 0.717) is 0 Å². The number of nitrogens with zero attached hydrogens (tertiary/aromatic N) is 1. The fourth-order valence-electron chi connectivity index (χ4n) is 3.07. The highest BCUT2D eigenvalue weighted by atomic mass is 32.2. The molecule has 0 radical (unpaired) electrons. The molecule has 126 valence electrons. The van der Waals surface area contributed by atoms with Crippen LogP contribution in [0.25, 0.3) is 0 Å². The summed E-state index contributed by atoms with van der Waals surface area (Å²) < 4.78 is 23.7. The molecule has 0 saturated heterocycles. The van der Waals surface area contributed by atoms with Crippen molar-refractivity contribution in [2.45, 2.75) is 30.2 Å². The van der Waals surface area contributed by atoms with E-state index in [2.05, 4.69) is 11.4 Å². The molecule has 0 amide bonds. The average molecular weight is 347 g/mol. The standard InChI is InChI=1S/C16H17N3O4S/c17-24(22,23)16-10-12(19(20)21)8-9-15(16)18-14-7-3-5-11-4-1-2-6-13(11)14/h1-2,4,6,8-10,14,18H,3,5,7H2,(H2,17,22,23)/t14-/m0/s1. The van der Waals surface area contributed by atoms with Crippen molar-refractivity contribution in [2.75, 3.05) is 5.32 Å². The highest BCUT2D eigenvalue weighted by Gasteiger charge is 2.24. The molecule has 0 heterocycles. The van der Waals surface area contributed by atoms with Crippen molar-refractivity contribution >= 4 is 21.4 Å². The van der Waals surface area contributed by atoms with Gasteiger partial charge in [0.25, 0.3) is 5.69 Å². The van der Waals surface area contributed by atoms with Gasteiger partial charge in [0.05, 0.1) is 16.7 Å². The molecule has 0 saturated carbocycles. The van der Waals surface area contributed by atoms with Crippen LogP contribution in [0.5, 0.6) is 0 Å². The summed E-state index contributed by atoms with van der Waals surface area (Å²) in [4.78, 5) is 9.99. The van der Waals surface area contributed by atoms with Crippen LogP contribution in [-0.2, 0) is 16.4 Å². The van der Waals surface area contributed by atoms with E-state index in [1.165, 1.54) is 17.7 Å². The number of hydrogen-bond acceptors (Lipinski definition) is 5. The fraction of sp³-hybridized carbons (Fsp3) is 0.250. The number of sulfonamides is 1. The van der Waals surface area contributed by atoms with E-state index in [4.69, 9.17) is 5.14 Å². The van der Waals surface area contributed by atoms with Gasteiger partial charge >= 0.3 is 0 Å². The van der Waals surface area contributed by atoms with Gasteiger partial charge in [-0.2, -0.15) is 0 Å². The van der Waals surface area contributed by atoms with Crippen LogP contribution in [-0.4, -0.2) is 13.3 Å². The largest absolute Gasteiger partial charge is 0.377 e. The zero-order valence-electron chi connectivity index (χ0n) is 12.8. The quantitative estimate of drug-likeness (QED) is 0.652. The lowest BCUT2D eigenvalue weighted by molar-refractivity contribution is -0.385. The summed E-state index contributed by atoms with van der Waals surface area (Å²) in [5.41, 5.74) is 2.31. The highest BCUT2D eigenvalue weighted by molar-refractivity contribution is 7.89. The van der Waals surface area contributed by atoms with Crippen LogP contribution in [0.2, 0.25) is 0 Å². The van der Waals surface area contributed by atoms with E-state index in [1.54, 1.807) is 0 Å². The van der Waals surface area contributed by atoms with E-state index >= 15 is 0 Å². The van der Waals surface area contributed by atoms with Crippen LogP contribution >= 0.6 is 0 Å². The topological polar surface area (TPSA) is 115 Å². The molecule has 24 heavy (non-hydrogen) atoms. The maximum atomic E-state index is 11.8. The summed E-state index contributed by atoms with van der Waals surface area (Å²) in [6, 6.07) is 11.6. The van der Waals surface area contributed by atoms with Crippen molar-refractivity contribution in [1.82, 2.24) is 0 Å². The third-order valence-electron chi connectivity index (χ3n) is 4.18. The lowest BCUT2D eigenvalue weighted by Crippen LogP contribution is -2.20. The number of fused-ring (bicyclic) bond motifs is 1. The van der Waals surface area contributed by atoms with Gasteiger partial charge in [0.1, 0.15) is 4.90 Å². The van der Waals surface area contributed by atoms with Crippen molar-refractivity contribution in [3.8, 4) is 0 Å². The number of nitro benzene ring substituents is 1. The number of primary sulfonamides is 1. The second kappa shape index (κ2) is 6.21. The molecule has 7 nitrogen and oxygen atoms in total. The number of nitrogens with two attached hydrogens (primary N) is 1. The van der Waals surface area contributed by atoms with Crippen LogP contribution < -0.4 is 10.5 Å². The SMILES string of the molecule is NS(=O)(=O)c1cc([N+](=O)[O-])ccc1N[C@H]1CCCc2ccccc21. The van der Waals surface area contributed by atoms with E-state index < -0.39 is 14.9 Å². The molecule has 3 N–H and O–H groups in total. The zero-order chi connectivity index (χ0) is 17.3. The van der Waals surface area contributed by atoms with Crippen LogP contribution in [0.3, 0.4) is 0 Å². The van der Waals surface area contributed by atoms with Crippen molar-refractivity contribution in [3.63, 3.8) is 0 Å². The van der Waals surface area contributed by atoms with Gasteiger partial charge in [-0.05, 0) is 36.5 Å². The summed E-state index contributed by atoms with van der Waals surface area (Å²) in [6.45, 7) is 0. The number of nitrogens with one attached hydrogen (secondary N) is 1. The Kier molecular flexibility index (Phi) is 4.25. The lowest BCUT2D eigenvalue weighted by atomic mass is 9.87. The van der Waals surface area contributed by atoms with E-state index in [0.717, 1.165) is 30.9 Å². The second-order valence-electron chi connectivity index (χ2n) is 5.77. The number of benzene rings is 2. The molecule has 8 heteroatoms. The maximum Gasteiger partial charge on any atom is 0.270 e. The number of aryl methyl sites for hydroxylation is 1. The second-order valence-corrected chi connectivity index (χ2v) is 7.30. The van der Waals surface area contributed by atoms with Gasteiger partial charge in [0.2, 0.25) is 10.0 Å². The predicted molar refractivity (Wildman–Crippen MR) is 90.2 cm³/mol. The molecular formula is C16H17N3O4S. The van der Waals surface area contributed by atoms with E-state index in [1.807, 2.05) is 18.2 Å². The summed E-state index contributed by atoms with van der Waals surface area (Å²) in [5.74, 6) is 0. The van der Waals surface area contributed by atoms with Crippen molar-refractivity contribution in [2.24, 2.45) is 5.14 Å². The average Bonchev–Trinajstić information content (AvgIpc) is 2.54. The minimum atomic E-state index is -4.08. The van der Waals surface area contributed by atoms with Gasteiger partial charge in [0.15, 0.2) is 0 Å². The van der Waals surface area contributed by atoms with Crippen molar-refractivity contribution in [3.05, 3.63) is 63.7 Å². The first-order chi connectivity index (χ1) is 11.4. The smallest absolute Gasteiger partial charge is 0.270 e. The molecule has 1 atom stereocenters. The maximum absolute atomic E-state index is 11.8. The Bertz CT molecular complexity index is 896. The monoisotopic (exact) mass is 347 g/mol. The minimum Gasteiger partial charge on any atom is -0.377 e. The molecule has 2 aromatic carbocycles. The molecular weight excluding hydrogens is 330 g/mol. The molecule has 1 aliphatic carbocycles. The fourth-order valence-corrected chi connectivity index (χ4v) is 3.79. The van der Waals surface area contributed by atoms with E-state index in [9.17, 15) is 18.5 Å². The van der Waals surface area contributed by atoms with Crippen molar-refractivity contribution in [1.29, 1.82) is 0 Å². The number of rotatable bonds is 4. The summed E-state index contributed by atoms with van der Waals surface area (Å²) in [7, 11) is -4.08. The molecule has 0 fully saturated rings. The molecule has 2 aromatic rings. The highest BCUT2D eigenvalue weighted by Crippen LogP contribution is 2.35. The van der Waals surface area contributed by atoms with E-state index in [-0.39, 0.29) is 22.3 Å². The molecule has 0 aliphatic heterocycles. The predicted octanol–water partition coefficient (Wildman–Crippen LogP) is 2.73. The van der Waals surface area contributed by atoms with Gasteiger partial charge in [-0.25, -0.2) is 13.6 Å². The Morgan fingerprint density at radius 1 is 1.21 bits per heavy atom. The Hall–Kier alpha value is -2.45. The first-order valence-corrected chi connectivity index (χ1v) is 9.06. The number of non-ortho nitro benzene ring substituents is 1. The van der Waals surface area contributed by atoms with Gasteiger partial charge in [-0.15, -0.1) is 0 Å². The first kappa shape index (κ1) is 16.4. The Balaban J connectivity index is 2.01. The summed E-state index contributed by atoms with van der Waals surface area (Å²) in [5, 5.41) is 19.3. The molecule has 3 rings (SSSR count). The van der Waals surface area contributed by atoms with Gasteiger partial charge in [-0.1, -0.05) is 24.3 Å². The third-order valence-corrected chi connectivity index (χ3v) is 5.13. The van der Waals surface area contributed by atoms with Crippen LogP contribution in [0.1, 0.15) is 30.0 Å². The first-order valence-electron chi connectivity index (χ1n) is 7.52. The van der Waals surface area contributed by atoms with Gasteiger partial charge in [0, 0.05) is 12.1 Å². The summed E-state index contributed by atoms with van der Waals surface area (Å²) >= 11 is 0. The van der Waals surface area contributed by atoms with Crippen LogP contribution in [0.4, 0.5) is 11.4 Å². The Labute approximate surface area is 139 Å². The molecule has 0 spiro atoms. The lowest BCUT2D eigenvalue weighted by Gasteiger charge is -2.27. The van der Waals surface area contributed by atoms with Crippen molar-refractivity contribution < 1.29 is 13.3 Å². The number of nitro groups is 1.